The zero-order valence-corrected chi connectivity index (χ0v) is 19.7. The lowest BCUT2D eigenvalue weighted by Gasteiger charge is -2.34. The van der Waals surface area contributed by atoms with Crippen LogP contribution in [-0.2, 0) is 13.1 Å². The number of aliphatic imine (C=N–C) groups is 1. The molecule has 2 aromatic rings. The van der Waals surface area contributed by atoms with E-state index in [4.69, 9.17) is 4.99 Å². The minimum atomic E-state index is 0. The molecule has 2 N–H and O–H groups in total. The van der Waals surface area contributed by atoms with Crippen molar-refractivity contribution in [2.75, 3.05) is 26.2 Å². The average molecular weight is 511 g/mol. The minimum Gasteiger partial charge on any atom is -0.357 e. The molecule has 1 aromatic carbocycles. The summed E-state index contributed by atoms with van der Waals surface area (Å²) in [7, 11) is 0. The zero-order chi connectivity index (χ0) is 19.4. The number of guanidine groups is 1. The van der Waals surface area contributed by atoms with Gasteiger partial charge in [-0.05, 0) is 44.7 Å². The normalized spacial score (nSPS) is 17.6. The van der Waals surface area contributed by atoms with Crippen LogP contribution in [0.25, 0.3) is 0 Å². The Morgan fingerprint density at radius 1 is 1.17 bits per heavy atom. The molecule has 1 aliphatic rings. The van der Waals surface area contributed by atoms with Crippen molar-refractivity contribution >= 4 is 29.9 Å². The molecule has 0 bridgehead atoms. The molecule has 160 valence electrons. The number of benzene rings is 1. The van der Waals surface area contributed by atoms with Gasteiger partial charge in [0.15, 0.2) is 5.96 Å². The summed E-state index contributed by atoms with van der Waals surface area (Å²) in [6.07, 6.45) is 8.08. The van der Waals surface area contributed by atoms with Gasteiger partial charge < -0.3 is 15.2 Å². The van der Waals surface area contributed by atoms with Gasteiger partial charge in [-0.15, -0.1) is 34.2 Å². The first-order valence-corrected chi connectivity index (χ1v) is 10.5. The van der Waals surface area contributed by atoms with Crippen molar-refractivity contribution < 1.29 is 0 Å². The number of nitrogens with zero attached hydrogens (tertiary/aromatic N) is 5. The maximum atomic E-state index is 4.77. The standard InChI is InChI=1S/C21H33N7.HI/c1-2-22-21(23-12-6-7-13-28-17-24-25-18-28)26-20-11-8-14-27(16-20)15-19-9-4-3-5-10-19;/h3-5,9-10,17-18,20H,2,6-8,11-16H2,1H3,(H2,22,23,26);1H. The van der Waals surface area contributed by atoms with Crippen molar-refractivity contribution in [2.24, 2.45) is 4.99 Å². The third-order valence-corrected chi connectivity index (χ3v) is 5.00. The number of piperidine rings is 1. The molecule has 0 aliphatic carbocycles. The topological polar surface area (TPSA) is 70.4 Å². The van der Waals surface area contributed by atoms with E-state index in [2.05, 4.69) is 63.0 Å². The first-order valence-electron chi connectivity index (χ1n) is 10.5. The van der Waals surface area contributed by atoms with Crippen LogP contribution in [0.4, 0.5) is 0 Å². The number of aromatic nitrogens is 3. The number of nitrogens with one attached hydrogen (secondary N) is 2. The molecule has 7 nitrogen and oxygen atoms in total. The van der Waals surface area contributed by atoms with Gasteiger partial charge in [0.2, 0.25) is 0 Å². The highest BCUT2D eigenvalue weighted by molar-refractivity contribution is 14.0. The van der Waals surface area contributed by atoms with Crippen LogP contribution in [0, 0.1) is 0 Å². The Labute approximate surface area is 191 Å². The first kappa shape index (κ1) is 23.6. The summed E-state index contributed by atoms with van der Waals surface area (Å²) < 4.78 is 2.01. The SMILES string of the molecule is CCNC(=NCCCCn1cnnc1)NC1CCCN(Cc2ccccc2)C1.I. The van der Waals surface area contributed by atoms with E-state index in [1.54, 1.807) is 12.7 Å². The van der Waals surface area contributed by atoms with Crippen molar-refractivity contribution in [3.8, 4) is 0 Å². The lowest BCUT2D eigenvalue weighted by Crippen LogP contribution is -2.51. The van der Waals surface area contributed by atoms with Gasteiger partial charge in [-0.1, -0.05) is 30.3 Å². The lowest BCUT2D eigenvalue weighted by molar-refractivity contribution is 0.192. The number of unbranched alkanes of at least 4 members (excludes halogenated alkanes) is 1. The monoisotopic (exact) mass is 511 g/mol. The van der Waals surface area contributed by atoms with Crippen molar-refractivity contribution in [3.05, 3.63) is 48.5 Å². The van der Waals surface area contributed by atoms with Crippen molar-refractivity contribution in [3.63, 3.8) is 0 Å². The van der Waals surface area contributed by atoms with E-state index in [0.717, 1.165) is 51.5 Å². The second-order valence-corrected chi connectivity index (χ2v) is 7.37. The highest BCUT2D eigenvalue weighted by Crippen LogP contribution is 2.13. The molecule has 1 atom stereocenters. The minimum absolute atomic E-state index is 0. The molecule has 0 radical (unpaired) electrons. The van der Waals surface area contributed by atoms with Crippen LogP contribution < -0.4 is 10.6 Å². The van der Waals surface area contributed by atoms with Gasteiger partial charge in [0.1, 0.15) is 12.7 Å². The van der Waals surface area contributed by atoms with Crippen molar-refractivity contribution in [1.82, 2.24) is 30.3 Å². The van der Waals surface area contributed by atoms with E-state index in [-0.39, 0.29) is 24.0 Å². The van der Waals surface area contributed by atoms with Crippen LogP contribution in [0.2, 0.25) is 0 Å². The number of rotatable bonds is 9. The van der Waals surface area contributed by atoms with Gasteiger partial charge in [0.05, 0.1) is 0 Å². The molecule has 29 heavy (non-hydrogen) atoms. The summed E-state index contributed by atoms with van der Waals surface area (Å²) in [4.78, 5) is 7.31. The summed E-state index contributed by atoms with van der Waals surface area (Å²) in [5, 5.41) is 14.7. The molecule has 2 heterocycles. The first-order chi connectivity index (χ1) is 13.8. The fourth-order valence-electron chi connectivity index (χ4n) is 3.61. The predicted octanol–water partition coefficient (Wildman–Crippen LogP) is 2.90. The predicted molar refractivity (Wildman–Crippen MR) is 129 cm³/mol. The van der Waals surface area contributed by atoms with Crippen LogP contribution >= 0.6 is 24.0 Å². The quantitative estimate of drug-likeness (QED) is 0.235. The molecule has 1 aliphatic heterocycles. The molecular weight excluding hydrogens is 477 g/mol. The Kier molecular flexibility index (Phi) is 11.0. The van der Waals surface area contributed by atoms with E-state index >= 15 is 0 Å². The Morgan fingerprint density at radius 3 is 2.72 bits per heavy atom. The Balaban J connectivity index is 0.00000300. The largest absolute Gasteiger partial charge is 0.357 e. The Morgan fingerprint density at radius 2 is 1.97 bits per heavy atom. The molecule has 1 unspecified atom stereocenters. The summed E-state index contributed by atoms with van der Waals surface area (Å²) in [5.74, 6) is 0.943. The molecular formula is C21H34IN7. The molecule has 0 amide bonds. The van der Waals surface area contributed by atoms with E-state index < -0.39 is 0 Å². The van der Waals surface area contributed by atoms with Crippen molar-refractivity contribution in [2.45, 2.75) is 51.7 Å². The summed E-state index contributed by atoms with van der Waals surface area (Å²) in [6.45, 7) is 8.03. The molecule has 1 fully saturated rings. The van der Waals surface area contributed by atoms with Crippen LogP contribution in [-0.4, -0.2) is 57.8 Å². The summed E-state index contributed by atoms with van der Waals surface area (Å²) >= 11 is 0. The molecule has 1 saturated heterocycles. The second kappa shape index (κ2) is 13.5. The number of aryl methyl sites for hydroxylation is 1. The highest BCUT2D eigenvalue weighted by Gasteiger charge is 2.20. The highest BCUT2D eigenvalue weighted by atomic mass is 127. The number of hydrogen-bond acceptors (Lipinski definition) is 4. The van der Waals surface area contributed by atoms with Gasteiger partial charge in [0.25, 0.3) is 0 Å². The fourth-order valence-corrected chi connectivity index (χ4v) is 3.61. The molecule has 0 spiro atoms. The van der Waals surface area contributed by atoms with Gasteiger partial charge in [-0.25, -0.2) is 0 Å². The van der Waals surface area contributed by atoms with Crippen LogP contribution in [0.3, 0.4) is 0 Å². The second-order valence-electron chi connectivity index (χ2n) is 7.37. The molecule has 1 aromatic heterocycles. The zero-order valence-electron chi connectivity index (χ0n) is 17.3. The third-order valence-electron chi connectivity index (χ3n) is 5.00. The molecule has 3 rings (SSSR count). The molecule has 0 saturated carbocycles. The maximum Gasteiger partial charge on any atom is 0.191 e. The number of hydrogen-bond donors (Lipinski definition) is 2. The fraction of sp³-hybridized carbons (Fsp3) is 0.571. The van der Waals surface area contributed by atoms with E-state index in [1.807, 2.05) is 4.57 Å². The van der Waals surface area contributed by atoms with E-state index in [9.17, 15) is 0 Å². The van der Waals surface area contributed by atoms with Gasteiger partial charge in [-0.3, -0.25) is 9.89 Å². The smallest absolute Gasteiger partial charge is 0.191 e. The summed E-state index contributed by atoms with van der Waals surface area (Å²) in [5.41, 5.74) is 1.39. The van der Waals surface area contributed by atoms with Crippen LogP contribution in [0.5, 0.6) is 0 Å². The van der Waals surface area contributed by atoms with E-state index in [0.29, 0.717) is 6.04 Å². The Hall–Kier alpha value is -1.68. The third kappa shape index (κ3) is 8.69. The lowest BCUT2D eigenvalue weighted by atomic mass is 10.0. The van der Waals surface area contributed by atoms with E-state index in [1.165, 1.54) is 24.9 Å². The van der Waals surface area contributed by atoms with Crippen molar-refractivity contribution in [1.29, 1.82) is 0 Å². The maximum absolute atomic E-state index is 4.77. The average Bonchev–Trinajstić information content (AvgIpc) is 3.22. The van der Waals surface area contributed by atoms with Gasteiger partial charge >= 0.3 is 0 Å². The van der Waals surface area contributed by atoms with Crippen LogP contribution in [0.1, 0.15) is 38.2 Å². The summed E-state index contributed by atoms with van der Waals surface area (Å²) in [6, 6.07) is 11.2. The van der Waals surface area contributed by atoms with Gasteiger partial charge in [-0.2, -0.15) is 0 Å². The number of likely N-dealkylation sites (tertiary alicyclic amines) is 1. The Bertz CT molecular complexity index is 690. The van der Waals surface area contributed by atoms with Gasteiger partial charge in [0, 0.05) is 38.8 Å². The molecule has 8 heteroatoms. The number of halogens is 1. The van der Waals surface area contributed by atoms with Crippen LogP contribution in [0.15, 0.2) is 48.0 Å².